The molecule has 1 aliphatic rings. The van der Waals surface area contributed by atoms with Crippen molar-refractivity contribution < 1.29 is 4.84 Å². The largest absolute Gasteiger partial charge is 0.397 e. The Bertz CT molecular complexity index is 1310. The van der Waals surface area contributed by atoms with Crippen LogP contribution in [0.2, 0.25) is 0 Å². The third-order valence-electron chi connectivity index (χ3n) is 6.09. The molecule has 3 N–H and O–H groups in total. The zero-order valence-corrected chi connectivity index (χ0v) is 19.2. The highest BCUT2D eigenvalue weighted by molar-refractivity contribution is 5.87. The molecule has 32 heavy (non-hydrogen) atoms. The van der Waals surface area contributed by atoms with Gasteiger partial charge in [0.05, 0.1) is 29.9 Å². The van der Waals surface area contributed by atoms with E-state index in [-0.39, 0.29) is 5.92 Å². The average molecular weight is 432 g/mol. The Kier molecular flexibility index (Phi) is 4.89. The van der Waals surface area contributed by atoms with Crippen molar-refractivity contribution in [1.29, 1.82) is 0 Å². The van der Waals surface area contributed by atoms with Crippen LogP contribution in [0.4, 0.5) is 11.4 Å². The van der Waals surface area contributed by atoms with Gasteiger partial charge in [-0.1, -0.05) is 26.0 Å². The molecule has 4 aromatic rings. The van der Waals surface area contributed by atoms with Gasteiger partial charge in [0, 0.05) is 48.4 Å². The van der Waals surface area contributed by atoms with E-state index in [2.05, 4.69) is 42.1 Å². The number of nitrogens with two attached hydrogens (primary N) is 1. The molecule has 0 radical (unpaired) electrons. The third kappa shape index (κ3) is 3.31. The molecule has 8 heteroatoms. The third-order valence-corrected chi connectivity index (χ3v) is 6.09. The summed E-state index contributed by atoms with van der Waals surface area (Å²) in [5, 5.41) is 5.52. The number of nitrogens with one attached hydrogen (secondary N) is 1. The highest BCUT2D eigenvalue weighted by atomic mass is 16.6. The quantitative estimate of drug-likeness (QED) is 0.342. The summed E-state index contributed by atoms with van der Waals surface area (Å²) in [5.74, 6) is 1.64. The van der Waals surface area contributed by atoms with E-state index in [4.69, 9.17) is 20.5 Å². The first-order chi connectivity index (χ1) is 15.4. The summed E-state index contributed by atoms with van der Waals surface area (Å²) < 4.78 is 4.04. The molecule has 0 spiro atoms. The molecule has 3 heterocycles. The van der Waals surface area contributed by atoms with Gasteiger partial charge in [0.1, 0.15) is 5.82 Å². The lowest BCUT2D eigenvalue weighted by molar-refractivity contribution is 0.271. The first-order valence-electron chi connectivity index (χ1n) is 11.0. The summed E-state index contributed by atoms with van der Waals surface area (Å²) in [6, 6.07) is 8.03. The van der Waals surface area contributed by atoms with Crippen LogP contribution in [-0.4, -0.2) is 31.4 Å². The van der Waals surface area contributed by atoms with Crippen LogP contribution in [0, 0.1) is 0 Å². The Hall–Kier alpha value is -3.39. The number of hydrogen-bond acceptors (Lipinski definition) is 6. The van der Waals surface area contributed by atoms with Crippen LogP contribution in [0.5, 0.6) is 0 Å². The molecule has 0 bridgehead atoms. The number of rotatable bonds is 6. The maximum atomic E-state index is 6.27. The van der Waals surface area contributed by atoms with Crippen molar-refractivity contribution in [3.63, 3.8) is 0 Å². The van der Waals surface area contributed by atoms with Crippen LogP contribution in [-0.2, 0) is 18.9 Å². The molecule has 0 unspecified atom stereocenters. The smallest absolute Gasteiger partial charge is 0.181 e. The lowest BCUT2D eigenvalue weighted by atomic mass is 10.0. The Balaban J connectivity index is 1.77. The standard InChI is InChI=1S/C24H29N7O/c1-13(2)19-17(11-15-12-30(3)28-23(15)26-19)24-27-21(22(31(24)4)14-9-10-14)16-7-6-8-18(25)20(16)29-32-5/h6-8,11-14,29H,9-10,25H2,1-5H3. The van der Waals surface area contributed by atoms with Crippen LogP contribution < -0.4 is 11.2 Å². The number of nitrogens with zero attached hydrogens (tertiary/aromatic N) is 5. The van der Waals surface area contributed by atoms with Crippen LogP contribution in [0.3, 0.4) is 0 Å². The minimum absolute atomic E-state index is 0.235. The SMILES string of the molecule is CONc1c(N)cccc1-c1nc(-c2cc3cn(C)nc3nc2C(C)C)n(C)c1C1CC1. The number of para-hydroxylation sites is 1. The molecule has 166 valence electrons. The maximum absolute atomic E-state index is 6.27. The Morgan fingerprint density at radius 1 is 1.16 bits per heavy atom. The van der Waals surface area contributed by atoms with Crippen LogP contribution in [0.1, 0.15) is 49.9 Å². The highest BCUT2D eigenvalue weighted by Gasteiger charge is 2.33. The van der Waals surface area contributed by atoms with Gasteiger partial charge < -0.3 is 10.3 Å². The molecule has 8 nitrogen and oxygen atoms in total. The lowest BCUT2D eigenvalue weighted by Crippen LogP contribution is -2.04. The fourth-order valence-corrected chi connectivity index (χ4v) is 4.46. The summed E-state index contributed by atoms with van der Waals surface area (Å²) in [4.78, 5) is 15.3. The first-order valence-corrected chi connectivity index (χ1v) is 11.0. The fraction of sp³-hybridized carbons (Fsp3) is 0.375. The van der Waals surface area contributed by atoms with Gasteiger partial charge in [0.25, 0.3) is 0 Å². The molecule has 0 saturated heterocycles. The molecule has 1 fully saturated rings. The van der Waals surface area contributed by atoms with Gasteiger partial charge in [-0.3, -0.25) is 15.0 Å². The van der Waals surface area contributed by atoms with E-state index in [0.717, 1.165) is 57.9 Å². The van der Waals surface area contributed by atoms with E-state index in [9.17, 15) is 0 Å². The number of anilines is 2. The average Bonchev–Trinajstić information content (AvgIpc) is 3.43. The first kappa shape index (κ1) is 20.5. The van der Waals surface area contributed by atoms with Crippen LogP contribution >= 0.6 is 0 Å². The van der Waals surface area contributed by atoms with Crippen LogP contribution in [0.15, 0.2) is 30.5 Å². The minimum atomic E-state index is 0.235. The van der Waals surface area contributed by atoms with Gasteiger partial charge in [0.2, 0.25) is 0 Å². The monoisotopic (exact) mass is 431 g/mol. The Morgan fingerprint density at radius 2 is 1.94 bits per heavy atom. The number of pyridine rings is 1. The topological polar surface area (TPSA) is 95.8 Å². The number of imidazole rings is 1. The van der Waals surface area contributed by atoms with Crippen molar-refractivity contribution in [3.05, 3.63) is 41.9 Å². The second kappa shape index (κ2) is 7.63. The number of hydrogen-bond donors (Lipinski definition) is 2. The maximum Gasteiger partial charge on any atom is 0.181 e. The molecule has 1 saturated carbocycles. The number of benzene rings is 1. The Labute approximate surface area is 187 Å². The van der Waals surface area contributed by atoms with Crippen molar-refractivity contribution in [2.45, 2.75) is 38.5 Å². The van der Waals surface area contributed by atoms with Gasteiger partial charge in [-0.15, -0.1) is 0 Å². The summed E-state index contributed by atoms with van der Waals surface area (Å²) in [5.41, 5.74) is 16.5. The van der Waals surface area contributed by atoms with E-state index < -0.39 is 0 Å². The van der Waals surface area contributed by atoms with Crippen molar-refractivity contribution in [3.8, 4) is 22.6 Å². The van der Waals surface area contributed by atoms with E-state index >= 15 is 0 Å². The normalized spacial score (nSPS) is 13.9. The number of fused-ring (bicyclic) bond motifs is 1. The molecular weight excluding hydrogens is 402 g/mol. The van der Waals surface area contributed by atoms with E-state index in [1.54, 1.807) is 11.8 Å². The van der Waals surface area contributed by atoms with Crippen molar-refractivity contribution in [2.24, 2.45) is 14.1 Å². The molecule has 1 aromatic carbocycles. The van der Waals surface area contributed by atoms with Crippen molar-refractivity contribution in [2.75, 3.05) is 18.3 Å². The highest BCUT2D eigenvalue weighted by Crippen LogP contribution is 2.48. The van der Waals surface area contributed by atoms with Crippen molar-refractivity contribution in [1.82, 2.24) is 24.3 Å². The molecule has 3 aromatic heterocycles. The summed E-state index contributed by atoms with van der Waals surface area (Å²) >= 11 is 0. The van der Waals surface area contributed by atoms with Gasteiger partial charge >= 0.3 is 0 Å². The van der Waals surface area contributed by atoms with Gasteiger partial charge in [0.15, 0.2) is 5.65 Å². The fourth-order valence-electron chi connectivity index (χ4n) is 4.46. The zero-order chi connectivity index (χ0) is 22.6. The van der Waals surface area contributed by atoms with E-state index in [1.807, 2.05) is 31.4 Å². The number of aromatic nitrogens is 5. The van der Waals surface area contributed by atoms with E-state index in [0.29, 0.717) is 11.6 Å². The van der Waals surface area contributed by atoms with Gasteiger partial charge in [-0.25, -0.2) is 9.97 Å². The molecule has 1 aliphatic carbocycles. The number of aryl methyl sites for hydroxylation is 1. The van der Waals surface area contributed by atoms with Crippen LogP contribution in [0.25, 0.3) is 33.7 Å². The predicted molar refractivity (Wildman–Crippen MR) is 127 cm³/mol. The number of nitrogen functional groups attached to an aromatic ring is 1. The predicted octanol–water partition coefficient (Wildman–Crippen LogP) is 4.59. The molecule has 0 aliphatic heterocycles. The summed E-state index contributed by atoms with van der Waals surface area (Å²) in [6.45, 7) is 4.32. The zero-order valence-electron chi connectivity index (χ0n) is 19.2. The molecule has 0 atom stereocenters. The minimum Gasteiger partial charge on any atom is -0.397 e. The summed E-state index contributed by atoms with van der Waals surface area (Å²) in [7, 11) is 5.61. The molecule has 0 amide bonds. The summed E-state index contributed by atoms with van der Waals surface area (Å²) in [6.07, 6.45) is 4.33. The van der Waals surface area contributed by atoms with Gasteiger partial charge in [-0.2, -0.15) is 5.10 Å². The second-order valence-corrected chi connectivity index (χ2v) is 8.87. The van der Waals surface area contributed by atoms with E-state index in [1.165, 1.54) is 5.69 Å². The second-order valence-electron chi connectivity index (χ2n) is 8.87. The molecular formula is C24H29N7O. The lowest BCUT2D eigenvalue weighted by Gasteiger charge is -2.13. The Morgan fingerprint density at radius 3 is 2.62 bits per heavy atom. The van der Waals surface area contributed by atoms with Crippen molar-refractivity contribution >= 4 is 22.4 Å². The molecule has 5 rings (SSSR count). The van der Waals surface area contributed by atoms with Gasteiger partial charge in [-0.05, 0) is 30.9 Å².